The van der Waals surface area contributed by atoms with E-state index in [4.69, 9.17) is 30.0 Å². The number of carbonyl (C=O) groups excluding carboxylic acids is 2. The molecule has 0 amide bonds. The van der Waals surface area contributed by atoms with Crippen molar-refractivity contribution in [2.24, 2.45) is 0 Å². The Kier molecular flexibility index (Phi) is 123. The zero-order chi connectivity index (χ0) is 7.15. The van der Waals surface area contributed by atoms with E-state index in [1.54, 1.807) is 0 Å². The normalized spacial score (nSPS) is 3.69. The molecule has 0 radical (unpaired) electrons. The second-order valence-corrected chi connectivity index (χ2v) is 0.500. The van der Waals surface area contributed by atoms with Gasteiger partial charge in [0.1, 0.15) is 0 Å². The largest absolute Gasteiger partial charge is 2.00 e. The summed E-state index contributed by atoms with van der Waals surface area (Å²) in [6.45, 7) is 0. The molecule has 0 aliphatic rings. The van der Waals surface area contributed by atoms with Gasteiger partial charge in [-0.05, 0) is 12.3 Å². The Morgan fingerprint density at radius 2 is 0.615 bits per heavy atom. The van der Waals surface area contributed by atoms with Crippen molar-refractivity contribution in [2.75, 3.05) is 0 Å². The predicted octanol–water partition coefficient (Wildman–Crippen LogP) is -6.39. The van der Waals surface area contributed by atoms with Crippen LogP contribution in [0.25, 0.3) is 0 Å². The van der Waals surface area contributed by atoms with Gasteiger partial charge in [-0.25, -0.2) is 0 Å². The first-order valence-electron chi connectivity index (χ1n) is 1.22. The number of rotatable bonds is 0. The molecule has 0 aromatic rings. The van der Waals surface area contributed by atoms with Crippen LogP contribution in [0.5, 0.6) is 0 Å². The Morgan fingerprint density at radius 1 is 0.615 bits per heavy atom. The van der Waals surface area contributed by atoms with Crippen LogP contribution in [0.4, 0.5) is 9.59 Å². The van der Waals surface area contributed by atoms with Gasteiger partial charge in [-0.15, -0.1) is 0 Å². The molecule has 0 rings (SSSR count). The third-order valence-corrected chi connectivity index (χ3v) is 0. The first kappa shape index (κ1) is 44.2. The van der Waals surface area contributed by atoms with E-state index in [-0.39, 0.29) is 158 Å². The monoisotopic (exact) mass is 568 g/mol. The summed E-state index contributed by atoms with van der Waals surface area (Å²) >= 11 is 0. The molecule has 0 atom stereocenters. The molecule has 0 aromatic carbocycles. The fourth-order valence-corrected chi connectivity index (χ4v) is 0. The maximum absolute atomic E-state index is 8.33. The van der Waals surface area contributed by atoms with Crippen molar-refractivity contribution >= 4 is 159 Å². The van der Waals surface area contributed by atoms with Crippen LogP contribution >= 0.6 is 0 Å². The van der Waals surface area contributed by atoms with E-state index in [2.05, 4.69) is 0 Å². The van der Waals surface area contributed by atoms with Crippen molar-refractivity contribution in [3.63, 3.8) is 0 Å². The first-order valence-corrected chi connectivity index (χ1v) is 1.22. The molecule has 13 heavy (non-hydrogen) atoms. The second kappa shape index (κ2) is 36.2. The fourth-order valence-electron chi connectivity index (χ4n) is 0. The summed E-state index contributed by atoms with van der Waals surface area (Å²) < 4.78 is 0. The molecule has 0 aliphatic carbocycles. The number of carboxylic acid groups (broad SMARTS) is 4. The van der Waals surface area contributed by atoms with Gasteiger partial charge in [-0.2, -0.15) is 0 Å². The quantitative estimate of drug-likeness (QED) is 0.259. The van der Waals surface area contributed by atoms with Gasteiger partial charge in [0, 0.05) is 0 Å². The van der Waals surface area contributed by atoms with Crippen molar-refractivity contribution in [3.8, 4) is 0 Å². The van der Waals surface area contributed by atoms with E-state index in [1.807, 2.05) is 0 Å². The Bertz CT molecular complexity index is 75.4. The summed E-state index contributed by atoms with van der Waals surface area (Å²) in [5, 5.41) is 33.3. The van der Waals surface area contributed by atoms with Crippen molar-refractivity contribution in [1.82, 2.24) is 0 Å². The Balaban J connectivity index is -0.00000000800. The van der Waals surface area contributed by atoms with Crippen molar-refractivity contribution in [3.05, 3.63) is 0 Å². The average Bonchev–Trinajstić information content (AvgIpc) is 1.25. The number of hydrogen-bond donors (Lipinski definition) is 0. The average molecular weight is 566 g/mol. The maximum Gasteiger partial charge on any atom is 2.00 e. The van der Waals surface area contributed by atoms with Gasteiger partial charge < -0.3 is 41.0 Å². The molecule has 64 valence electrons. The van der Waals surface area contributed by atoms with Crippen LogP contribution in [-0.4, -0.2) is 170 Å². The van der Waals surface area contributed by atoms with Crippen LogP contribution in [-0.2, 0) is 0 Å². The van der Waals surface area contributed by atoms with Gasteiger partial charge in [0.2, 0.25) is 0 Å². The van der Waals surface area contributed by atoms with E-state index < -0.39 is 12.3 Å². The van der Waals surface area contributed by atoms with Crippen molar-refractivity contribution in [2.45, 2.75) is 0 Å². The predicted molar refractivity (Wildman–Crippen MR) is 31.9 cm³/mol. The van der Waals surface area contributed by atoms with Crippen LogP contribution in [0.15, 0.2) is 0 Å². The molecule has 11 heteroatoms. The summed E-state index contributed by atoms with van der Waals surface area (Å²) in [4.78, 5) is 16.7. The van der Waals surface area contributed by atoms with Gasteiger partial charge in [0.25, 0.3) is 0 Å². The summed E-state index contributed by atoms with van der Waals surface area (Å²) in [5.74, 6) is 0. The summed E-state index contributed by atoms with van der Waals surface area (Å²) in [6, 6.07) is 0. The van der Waals surface area contributed by atoms with Crippen LogP contribution in [0, 0.1) is 0 Å². The van der Waals surface area contributed by atoms with E-state index in [1.165, 1.54) is 0 Å². The minimum absolute atomic E-state index is 0. The zero-order valence-electron chi connectivity index (χ0n) is 6.47. The SMILES string of the molecule is O=C([O-])[O-].O=C([O-])[O-].[Ba+2].[Ba+2].[Ba+2].[OH-].[OH-]. The van der Waals surface area contributed by atoms with Gasteiger partial charge >= 0.3 is 147 Å². The minimum Gasteiger partial charge on any atom is -0.870 e. The van der Waals surface area contributed by atoms with Crippen LogP contribution in [0.2, 0.25) is 0 Å². The van der Waals surface area contributed by atoms with Gasteiger partial charge in [-0.3, -0.25) is 0 Å². The Hall–Kier alpha value is 3.17. The fraction of sp³-hybridized carbons (Fsp3) is 0. The third kappa shape index (κ3) is 261. The molecule has 0 bridgehead atoms. The molecule has 0 unspecified atom stereocenters. The Labute approximate surface area is 194 Å². The van der Waals surface area contributed by atoms with Crippen molar-refractivity contribution in [1.29, 1.82) is 0 Å². The third-order valence-electron chi connectivity index (χ3n) is 0. The van der Waals surface area contributed by atoms with Gasteiger partial charge in [0.15, 0.2) is 0 Å². The molecular weight excluding hydrogens is 564 g/mol. The molecule has 8 nitrogen and oxygen atoms in total. The van der Waals surface area contributed by atoms with E-state index in [0.717, 1.165) is 0 Å². The molecule has 0 aromatic heterocycles. The van der Waals surface area contributed by atoms with Crippen LogP contribution in [0.3, 0.4) is 0 Å². The molecule has 0 saturated heterocycles. The molecule has 2 N–H and O–H groups in total. The maximum atomic E-state index is 8.33. The van der Waals surface area contributed by atoms with Gasteiger partial charge in [0.05, 0.1) is 0 Å². The first-order chi connectivity index (χ1) is 3.46. The molecule has 0 fully saturated rings. The van der Waals surface area contributed by atoms with E-state index in [0.29, 0.717) is 0 Å². The second-order valence-electron chi connectivity index (χ2n) is 0.500. The smallest absolute Gasteiger partial charge is 0.870 e. The molecule has 0 heterocycles. The molecule has 0 aliphatic heterocycles. The topological polar surface area (TPSA) is 186 Å². The van der Waals surface area contributed by atoms with Crippen LogP contribution < -0.4 is 20.4 Å². The summed E-state index contributed by atoms with van der Waals surface area (Å²) in [7, 11) is 0. The minimum atomic E-state index is -2.33. The molecular formula is C2H2Ba3O8. The summed E-state index contributed by atoms with van der Waals surface area (Å²) in [5.41, 5.74) is 0. The van der Waals surface area contributed by atoms with E-state index >= 15 is 0 Å². The molecule has 0 spiro atoms. The number of hydrogen-bond acceptors (Lipinski definition) is 8. The summed E-state index contributed by atoms with van der Waals surface area (Å²) in [6.07, 6.45) is -4.67. The zero-order valence-corrected chi connectivity index (χ0v) is 19.8. The number of carbonyl (C=O) groups is 2. The van der Waals surface area contributed by atoms with Gasteiger partial charge in [-0.1, -0.05) is 0 Å². The Morgan fingerprint density at radius 3 is 0.615 bits per heavy atom. The van der Waals surface area contributed by atoms with Crippen LogP contribution in [0.1, 0.15) is 0 Å². The standard InChI is InChI=1S/2CH2O3.3Ba.2H2O/c2*2-1(3)4;;;;;/h2*(H2,2,3,4);;;;2*1H2/q;;3*+2;;/p-6. The molecule has 0 saturated carbocycles. The van der Waals surface area contributed by atoms with Crippen molar-refractivity contribution < 1.29 is 41.0 Å². The van der Waals surface area contributed by atoms with E-state index in [9.17, 15) is 0 Å².